The van der Waals surface area contributed by atoms with E-state index < -0.39 is 0 Å². The second-order valence-electron chi connectivity index (χ2n) is 1.11. The van der Waals surface area contributed by atoms with Crippen LogP contribution in [0, 0.1) is 0 Å². The molecule has 0 unspecified atom stereocenters. The number of unbranched alkanes of at least 4 members (excludes halogenated alkanes) is 1. The van der Waals surface area contributed by atoms with E-state index in [1.165, 1.54) is 12.8 Å². The van der Waals surface area contributed by atoms with Crippen LogP contribution in [0.4, 0.5) is 0 Å². The molecule has 0 fully saturated rings. The number of hydrogen-bond acceptors (Lipinski definition) is 0. The van der Waals surface area contributed by atoms with Crippen LogP contribution in [0.2, 0.25) is 0 Å². The fraction of sp³-hybridized carbons (Fsp3) is 1.00. The van der Waals surface area contributed by atoms with Crippen LogP contribution in [-0.4, -0.2) is 5.33 Å². The van der Waals surface area contributed by atoms with Crippen molar-refractivity contribution in [2.45, 2.75) is 19.8 Å². The third-order valence-corrected chi connectivity index (χ3v) is 1.05. The molecule has 0 saturated heterocycles. The SMILES string of the molecule is CCCCBr.Cl[P]Cl. The van der Waals surface area contributed by atoms with Gasteiger partial charge in [-0.05, 0) is 6.42 Å². The van der Waals surface area contributed by atoms with Gasteiger partial charge in [-0.2, -0.15) is 0 Å². The molecular weight excluding hydrogens is 230 g/mol. The average molecular weight is 239 g/mol. The van der Waals surface area contributed by atoms with Gasteiger partial charge in [-0.3, -0.25) is 0 Å². The van der Waals surface area contributed by atoms with Crippen LogP contribution in [0.5, 0.6) is 0 Å². The molecule has 0 aromatic carbocycles. The number of alkyl halides is 1. The van der Waals surface area contributed by atoms with Gasteiger partial charge in [-0.1, -0.05) is 51.8 Å². The third-order valence-electron chi connectivity index (χ3n) is 0.487. The van der Waals surface area contributed by atoms with Gasteiger partial charge >= 0.3 is 0 Å². The minimum absolute atomic E-state index is 0.361. The third kappa shape index (κ3) is 25.9. The number of rotatable bonds is 2. The van der Waals surface area contributed by atoms with Crippen LogP contribution in [0.25, 0.3) is 0 Å². The van der Waals surface area contributed by atoms with Crippen molar-refractivity contribution in [1.29, 1.82) is 0 Å². The lowest BCUT2D eigenvalue weighted by Crippen LogP contribution is -1.64. The first-order chi connectivity index (χ1) is 3.83. The van der Waals surface area contributed by atoms with Gasteiger partial charge in [0, 0.05) is 5.33 Å². The van der Waals surface area contributed by atoms with E-state index in [4.69, 9.17) is 22.5 Å². The lowest BCUT2D eigenvalue weighted by molar-refractivity contribution is 0.902. The zero-order valence-electron chi connectivity index (χ0n) is 4.70. The number of halogens is 3. The van der Waals surface area contributed by atoms with Gasteiger partial charge in [0.1, 0.15) is 7.29 Å². The van der Waals surface area contributed by atoms with E-state index in [0.29, 0.717) is 7.29 Å². The molecule has 0 spiro atoms. The zero-order chi connectivity index (χ0) is 6.83. The monoisotopic (exact) mass is 237 g/mol. The summed E-state index contributed by atoms with van der Waals surface area (Å²) in [6.07, 6.45) is 2.60. The quantitative estimate of drug-likeness (QED) is 0.494. The Morgan fingerprint density at radius 1 is 1.50 bits per heavy atom. The highest BCUT2D eigenvalue weighted by Crippen LogP contribution is 2.19. The Balaban J connectivity index is 0. The van der Waals surface area contributed by atoms with Gasteiger partial charge in [0.15, 0.2) is 0 Å². The topological polar surface area (TPSA) is 0 Å². The van der Waals surface area contributed by atoms with Crippen LogP contribution >= 0.6 is 45.7 Å². The summed E-state index contributed by atoms with van der Waals surface area (Å²) in [7, 11) is 0.361. The largest absolute Gasteiger partial charge is 0.141 e. The summed E-state index contributed by atoms with van der Waals surface area (Å²) in [5.74, 6) is 0. The molecule has 0 aromatic rings. The van der Waals surface area contributed by atoms with E-state index in [-0.39, 0.29) is 0 Å². The van der Waals surface area contributed by atoms with E-state index >= 15 is 0 Å². The molecule has 0 aromatic heterocycles. The maximum Gasteiger partial charge on any atom is 0.141 e. The van der Waals surface area contributed by atoms with E-state index in [2.05, 4.69) is 22.9 Å². The Morgan fingerprint density at radius 3 is 1.88 bits per heavy atom. The summed E-state index contributed by atoms with van der Waals surface area (Å²) >= 11 is 12.8. The summed E-state index contributed by atoms with van der Waals surface area (Å²) in [5.41, 5.74) is 0. The van der Waals surface area contributed by atoms with Crippen molar-refractivity contribution in [3.63, 3.8) is 0 Å². The number of hydrogen-bond donors (Lipinski definition) is 0. The first-order valence-corrected chi connectivity index (χ1v) is 6.14. The van der Waals surface area contributed by atoms with Crippen molar-refractivity contribution in [3.8, 4) is 0 Å². The molecule has 0 aliphatic rings. The Hall–Kier alpha value is 1.49. The van der Waals surface area contributed by atoms with Crippen molar-refractivity contribution in [1.82, 2.24) is 0 Å². The summed E-state index contributed by atoms with van der Waals surface area (Å²) in [4.78, 5) is 0. The standard InChI is InChI=1S/C4H9Br.Cl2P/c1-2-3-4-5;1-3-2/h2-4H2,1H3;. The van der Waals surface area contributed by atoms with Crippen LogP contribution in [0.3, 0.4) is 0 Å². The Morgan fingerprint density at radius 2 is 1.88 bits per heavy atom. The molecule has 0 heterocycles. The van der Waals surface area contributed by atoms with E-state index in [1.807, 2.05) is 0 Å². The second kappa shape index (κ2) is 15.8. The van der Waals surface area contributed by atoms with Crippen LogP contribution in [0.1, 0.15) is 19.8 Å². The van der Waals surface area contributed by atoms with Crippen LogP contribution < -0.4 is 0 Å². The summed E-state index contributed by atoms with van der Waals surface area (Å²) in [6.45, 7) is 2.18. The summed E-state index contributed by atoms with van der Waals surface area (Å²) < 4.78 is 0. The first-order valence-electron chi connectivity index (χ1n) is 2.31. The molecule has 1 radical (unpaired) electrons. The van der Waals surface area contributed by atoms with Crippen molar-refractivity contribution >= 4 is 45.7 Å². The van der Waals surface area contributed by atoms with Gasteiger partial charge in [0.2, 0.25) is 0 Å². The molecular formula is C4H9BrCl2P. The second-order valence-corrected chi connectivity index (χ2v) is 3.56. The molecule has 0 amide bonds. The maximum absolute atomic E-state index is 4.74. The molecule has 0 aliphatic heterocycles. The first kappa shape index (κ1) is 12.2. The zero-order valence-corrected chi connectivity index (χ0v) is 8.69. The predicted octanol–water partition coefficient (Wildman–Crippen LogP) is 4.42. The molecule has 0 atom stereocenters. The summed E-state index contributed by atoms with van der Waals surface area (Å²) in [5, 5.41) is 1.16. The Kier molecular flexibility index (Phi) is 24.1. The van der Waals surface area contributed by atoms with Gasteiger partial charge < -0.3 is 0 Å². The predicted molar refractivity (Wildman–Crippen MR) is 47.3 cm³/mol. The molecule has 0 bridgehead atoms. The molecule has 0 aliphatic carbocycles. The lowest BCUT2D eigenvalue weighted by atomic mass is 10.4. The molecule has 4 heteroatoms. The van der Waals surface area contributed by atoms with Crippen molar-refractivity contribution in [2.75, 3.05) is 5.33 Å². The van der Waals surface area contributed by atoms with E-state index in [0.717, 1.165) is 5.33 Å². The molecule has 0 saturated carbocycles. The highest BCUT2D eigenvalue weighted by Gasteiger charge is 1.69. The fourth-order valence-corrected chi connectivity index (χ4v) is 0.694. The molecule has 8 heavy (non-hydrogen) atoms. The average Bonchev–Trinajstić information content (AvgIpc) is 1.71. The minimum Gasteiger partial charge on any atom is -0.0928 e. The van der Waals surface area contributed by atoms with Crippen LogP contribution in [0.15, 0.2) is 0 Å². The van der Waals surface area contributed by atoms with Crippen molar-refractivity contribution in [2.24, 2.45) is 0 Å². The van der Waals surface area contributed by atoms with Crippen molar-refractivity contribution < 1.29 is 0 Å². The van der Waals surface area contributed by atoms with Gasteiger partial charge in [0.25, 0.3) is 0 Å². The normalized spacial score (nSPS) is 7.50. The molecule has 0 nitrogen and oxygen atoms in total. The Bertz CT molecular complexity index is 28.0. The van der Waals surface area contributed by atoms with Gasteiger partial charge in [-0.25, -0.2) is 0 Å². The van der Waals surface area contributed by atoms with E-state index in [1.54, 1.807) is 0 Å². The highest BCUT2D eigenvalue weighted by atomic mass is 79.9. The highest BCUT2D eigenvalue weighted by molar-refractivity contribution is 9.09. The molecule has 0 rings (SSSR count). The van der Waals surface area contributed by atoms with Crippen molar-refractivity contribution in [3.05, 3.63) is 0 Å². The van der Waals surface area contributed by atoms with Gasteiger partial charge in [-0.15, -0.1) is 0 Å². The van der Waals surface area contributed by atoms with Gasteiger partial charge in [0.05, 0.1) is 0 Å². The van der Waals surface area contributed by atoms with E-state index in [9.17, 15) is 0 Å². The smallest absolute Gasteiger partial charge is 0.0928 e. The Labute approximate surface area is 70.8 Å². The minimum atomic E-state index is 0.361. The lowest BCUT2D eigenvalue weighted by Gasteiger charge is -1.77. The van der Waals surface area contributed by atoms with Crippen LogP contribution in [-0.2, 0) is 0 Å². The molecule has 0 N–H and O–H groups in total. The summed E-state index contributed by atoms with van der Waals surface area (Å²) in [6, 6.07) is 0. The fourth-order valence-electron chi connectivity index (χ4n) is 0.134. The molecule has 51 valence electrons. The maximum atomic E-state index is 4.74.